The number of rotatable bonds is 2. The lowest BCUT2D eigenvalue weighted by Crippen LogP contribution is -2.40. The molecule has 1 fully saturated rings. The van der Waals surface area contributed by atoms with Crippen LogP contribution in [0.3, 0.4) is 0 Å². The van der Waals surface area contributed by atoms with Crippen molar-refractivity contribution in [2.45, 2.75) is 32.6 Å². The predicted molar refractivity (Wildman–Crippen MR) is 106 cm³/mol. The van der Waals surface area contributed by atoms with Gasteiger partial charge in [-0.1, -0.05) is 12.1 Å². The molecule has 0 radical (unpaired) electrons. The molecule has 0 spiro atoms. The molecule has 1 aliphatic rings. The summed E-state index contributed by atoms with van der Waals surface area (Å²) in [5.41, 5.74) is 5.42. The molecule has 4 heterocycles. The van der Waals surface area contributed by atoms with E-state index in [0.29, 0.717) is 12.1 Å². The maximum absolute atomic E-state index is 13.2. The zero-order chi connectivity index (χ0) is 19.3. The summed E-state index contributed by atoms with van der Waals surface area (Å²) in [7, 11) is 0. The van der Waals surface area contributed by atoms with E-state index in [1.807, 2.05) is 24.0 Å². The van der Waals surface area contributed by atoms with Crippen molar-refractivity contribution in [3.8, 4) is 0 Å². The molecule has 28 heavy (non-hydrogen) atoms. The van der Waals surface area contributed by atoms with E-state index >= 15 is 0 Å². The fraction of sp³-hybridized carbons (Fsp3) is 0.333. The van der Waals surface area contributed by atoms with Gasteiger partial charge in [-0.05, 0) is 38.3 Å². The van der Waals surface area contributed by atoms with Crippen LogP contribution in [-0.2, 0) is 0 Å². The zero-order valence-electron chi connectivity index (χ0n) is 16.0. The first-order valence-electron chi connectivity index (χ1n) is 9.65. The summed E-state index contributed by atoms with van der Waals surface area (Å²) in [5, 5.41) is 4.27. The molecule has 1 aliphatic heterocycles. The minimum absolute atomic E-state index is 0.0133. The number of para-hydroxylation sites is 1. The third kappa shape index (κ3) is 2.66. The summed E-state index contributed by atoms with van der Waals surface area (Å²) in [6.07, 6.45) is 5.36. The summed E-state index contributed by atoms with van der Waals surface area (Å²) in [4.78, 5) is 27.8. The van der Waals surface area contributed by atoms with Gasteiger partial charge in [0.2, 0.25) is 0 Å². The number of benzene rings is 1. The molecule has 1 aromatic carbocycles. The van der Waals surface area contributed by atoms with E-state index in [2.05, 4.69) is 34.1 Å². The van der Waals surface area contributed by atoms with Crippen molar-refractivity contribution in [2.24, 2.45) is 0 Å². The van der Waals surface area contributed by atoms with E-state index < -0.39 is 0 Å². The number of aromatic nitrogens is 5. The van der Waals surface area contributed by atoms with Crippen molar-refractivity contribution < 1.29 is 4.79 Å². The van der Waals surface area contributed by atoms with Crippen LogP contribution in [-0.4, -0.2) is 48.5 Å². The summed E-state index contributed by atoms with van der Waals surface area (Å²) in [6.45, 7) is 5.41. The van der Waals surface area contributed by atoms with Gasteiger partial charge in [0.05, 0.1) is 28.5 Å². The maximum Gasteiger partial charge on any atom is 0.257 e. The quantitative estimate of drug-likeness (QED) is 0.584. The molecule has 1 atom stereocenters. The molecule has 1 saturated heterocycles. The summed E-state index contributed by atoms with van der Waals surface area (Å²) in [6, 6.07) is 8.00. The third-order valence-corrected chi connectivity index (χ3v) is 5.71. The van der Waals surface area contributed by atoms with Crippen LogP contribution >= 0.6 is 0 Å². The first-order chi connectivity index (χ1) is 13.6. The molecular formula is C21H22N6O. The SMILES string of the molecule is Cc1cccc2[nH]c(C3CCCN(C(=O)c4cnc5ccnn5c4C)C3)nc12. The van der Waals surface area contributed by atoms with Crippen LogP contribution in [0.2, 0.25) is 0 Å². The molecule has 1 unspecified atom stereocenters. The molecule has 3 aromatic heterocycles. The van der Waals surface area contributed by atoms with E-state index in [0.717, 1.165) is 53.1 Å². The lowest BCUT2D eigenvalue weighted by atomic mass is 9.96. The molecule has 5 rings (SSSR count). The highest BCUT2D eigenvalue weighted by atomic mass is 16.2. The number of nitrogens with one attached hydrogen (secondary N) is 1. The third-order valence-electron chi connectivity index (χ3n) is 5.71. The molecule has 142 valence electrons. The van der Waals surface area contributed by atoms with Crippen molar-refractivity contribution in [2.75, 3.05) is 13.1 Å². The Hall–Kier alpha value is -3.22. The number of amides is 1. The Morgan fingerprint density at radius 2 is 2.14 bits per heavy atom. The number of fused-ring (bicyclic) bond motifs is 2. The van der Waals surface area contributed by atoms with E-state index in [1.165, 1.54) is 0 Å². The number of likely N-dealkylation sites (tertiary alicyclic amines) is 1. The van der Waals surface area contributed by atoms with Crippen molar-refractivity contribution in [3.05, 3.63) is 59.3 Å². The molecule has 4 aromatic rings. The number of nitrogens with zero attached hydrogens (tertiary/aromatic N) is 5. The van der Waals surface area contributed by atoms with Gasteiger partial charge in [0, 0.05) is 31.3 Å². The van der Waals surface area contributed by atoms with Crippen LogP contribution in [0.15, 0.2) is 36.7 Å². The number of hydrogen-bond donors (Lipinski definition) is 1. The van der Waals surface area contributed by atoms with E-state index in [1.54, 1.807) is 16.9 Å². The number of hydrogen-bond acceptors (Lipinski definition) is 4. The highest BCUT2D eigenvalue weighted by molar-refractivity contribution is 5.95. The van der Waals surface area contributed by atoms with Crippen LogP contribution in [0.25, 0.3) is 16.7 Å². The highest BCUT2D eigenvalue weighted by Crippen LogP contribution is 2.28. The van der Waals surface area contributed by atoms with Gasteiger partial charge in [-0.3, -0.25) is 4.79 Å². The fourth-order valence-corrected chi connectivity index (χ4v) is 4.14. The van der Waals surface area contributed by atoms with Crippen molar-refractivity contribution in [1.29, 1.82) is 0 Å². The number of piperidine rings is 1. The van der Waals surface area contributed by atoms with Crippen LogP contribution < -0.4 is 0 Å². The minimum Gasteiger partial charge on any atom is -0.342 e. The average Bonchev–Trinajstić information content (AvgIpc) is 3.36. The fourth-order valence-electron chi connectivity index (χ4n) is 4.14. The Kier molecular flexibility index (Phi) is 3.89. The topological polar surface area (TPSA) is 79.2 Å². The zero-order valence-corrected chi connectivity index (χ0v) is 16.0. The second kappa shape index (κ2) is 6.44. The minimum atomic E-state index is 0.0133. The Morgan fingerprint density at radius 3 is 3.00 bits per heavy atom. The predicted octanol–water partition coefficient (Wildman–Crippen LogP) is 3.24. The Morgan fingerprint density at radius 1 is 1.25 bits per heavy atom. The van der Waals surface area contributed by atoms with E-state index in [4.69, 9.17) is 4.98 Å². The monoisotopic (exact) mass is 374 g/mol. The smallest absolute Gasteiger partial charge is 0.257 e. The molecule has 0 aliphatic carbocycles. The van der Waals surface area contributed by atoms with Crippen molar-refractivity contribution in [1.82, 2.24) is 29.5 Å². The normalized spacial score (nSPS) is 17.5. The van der Waals surface area contributed by atoms with Gasteiger partial charge in [-0.15, -0.1) is 0 Å². The largest absolute Gasteiger partial charge is 0.342 e. The highest BCUT2D eigenvalue weighted by Gasteiger charge is 2.28. The first kappa shape index (κ1) is 16.9. The van der Waals surface area contributed by atoms with Gasteiger partial charge in [-0.2, -0.15) is 5.10 Å². The molecule has 0 bridgehead atoms. The summed E-state index contributed by atoms with van der Waals surface area (Å²) in [5.74, 6) is 1.20. The molecule has 7 nitrogen and oxygen atoms in total. The summed E-state index contributed by atoms with van der Waals surface area (Å²) >= 11 is 0. The number of carbonyl (C=O) groups excluding carboxylic acids is 1. The van der Waals surface area contributed by atoms with E-state index in [9.17, 15) is 4.79 Å². The average molecular weight is 374 g/mol. The van der Waals surface area contributed by atoms with Gasteiger partial charge in [-0.25, -0.2) is 14.5 Å². The van der Waals surface area contributed by atoms with Gasteiger partial charge in [0.15, 0.2) is 5.65 Å². The van der Waals surface area contributed by atoms with Crippen LogP contribution in [0, 0.1) is 13.8 Å². The Bertz CT molecular complexity index is 1190. The number of aryl methyl sites for hydroxylation is 2. The number of imidazole rings is 1. The second-order valence-electron chi connectivity index (χ2n) is 7.54. The van der Waals surface area contributed by atoms with E-state index in [-0.39, 0.29) is 11.8 Å². The van der Waals surface area contributed by atoms with Crippen LogP contribution in [0.4, 0.5) is 0 Å². The van der Waals surface area contributed by atoms with Gasteiger partial charge in [0.25, 0.3) is 5.91 Å². The number of H-pyrrole nitrogens is 1. The van der Waals surface area contributed by atoms with Crippen molar-refractivity contribution in [3.63, 3.8) is 0 Å². The second-order valence-corrected chi connectivity index (χ2v) is 7.54. The molecule has 7 heteroatoms. The van der Waals surface area contributed by atoms with Crippen LogP contribution in [0.5, 0.6) is 0 Å². The molecule has 1 amide bonds. The summed E-state index contributed by atoms with van der Waals surface area (Å²) < 4.78 is 1.72. The number of aromatic amines is 1. The van der Waals surface area contributed by atoms with Gasteiger partial charge < -0.3 is 9.88 Å². The molecular weight excluding hydrogens is 352 g/mol. The van der Waals surface area contributed by atoms with Crippen molar-refractivity contribution >= 4 is 22.6 Å². The molecule has 1 N–H and O–H groups in total. The molecule has 0 saturated carbocycles. The standard InChI is InChI=1S/C21H22N6O/c1-13-5-3-7-17-19(13)25-20(24-17)15-6-4-10-26(12-15)21(28)16-11-22-18-8-9-23-27(18)14(16)2/h3,5,7-9,11,15H,4,6,10,12H2,1-2H3,(H,24,25). The maximum atomic E-state index is 13.2. The van der Waals surface area contributed by atoms with Gasteiger partial charge >= 0.3 is 0 Å². The number of carbonyl (C=O) groups is 1. The van der Waals surface area contributed by atoms with Gasteiger partial charge in [0.1, 0.15) is 5.82 Å². The lowest BCUT2D eigenvalue weighted by molar-refractivity contribution is 0.0703. The Balaban J connectivity index is 1.43. The first-order valence-corrected chi connectivity index (χ1v) is 9.65. The van der Waals surface area contributed by atoms with Crippen LogP contribution in [0.1, 0.15) is 46.2 Å². The lowest BCUT2D eigenvalue weighted by Gasteiger charge is -2.32. The Labute approximate surface area is 162 Å².